The molecule has 1 aliphatic heterocycles. The minimum Gasteiger partial charge on any atom is -0.454 e. The summed E-state index contributed by atoms with van der Waals surface area (Å²) in [6.07, 6.45) is 0. The number of hydrogen-bond acceptors (Lipinski definition) is 7. The van der Waals surface area contributed by atoms with Crippen molar-refractivity contribution in [2.24, 2.45) is 11.8 Å². The lowest BCUT2D eigenvalue weighted by molar-refractivity contribution is -0.384. The van der Waals surface area contributed by atoms with Crippen LogP contribution in [-0.2, 0) is 14.3 Å². The summed E-state index contributed by atoms with van der Waals surface area (Å²) < 4.78 is 2.97. The van der Waals surface area contributed by atoms with Gasteiger partial charge in [0.25, 0.3) is 5.69 Å². The normalized spacial score (nSPS) is 28.6. The second kappa shape index (κ2) is 9.33. The number of benzene rings is 2. The molecule has 0 spiro atoms. The van der Waals surface area contributed by atoms with E-state index in [2.05, 4.69) is 0 Å². The zero-order valence-corrected chi connectivity index (χ0v) is 23.5. The highest BCUT2D eigenvalue weighted by Crippen LogP contribution is 2.77. The van der Waals surface area contributed by atoms with E-state index in [0.29, 0.717) is 0 Å². The molecule has 15 heteroatoms. The maximum Gasteiger partial charge on any atom is 0.338 e. The molecule has 4 atom stereocenters. The lowest BCUT2D eigenvalue weighted by atomic mass is 9.84. The number of ether oxygens (including phenoxy) is 1. The predicted octanol–water partition coefficient (Wildman–Crippen LogP) is 5.59. The summed E-state index contributed by atoms with van der Waals surface area (Å²) in [7, 11) is 0. The van der Waals surface area contributed by atoms with E-state index in [1.54, 1.807) is 0 Å². The number of carbonyl (C=O) groups is 4. The van der Waals surface area contributed by atoms with Crippen molar-refractivity contribution >= 4 is 105 Å². The number of esters is 1. The zero-order valence-electron chi connectivity index (χ0n) is 19.0. The molecule has 1 saturated heterocycles. The lowest BCUT2D eigenvalue weighted by Crippen LogP contribution is -2.50. The van der Waals surface area contributed by atoms with Crippen LogP contribution < -0.4 is 4.90 Å². The molecule has 2 fully saturated rings. The molecule has 2 aliphatic carbocycles. The Morgan fingerprint density at radius 3 is 2.00 bits per heavy atom. The van der Waals surface area contributed by atoms with E-state index in [1.165, 1.54) is 42.5 Å². The van der Waals surface area contributed by atoms with Crippen LogP contribution in [0.25, 0.3) is 0 Å². The number of allylic oxidation sites excluding steroid dienone is 2. The second-order valence-corrected chi connectivity index (χ2v) is 12.2. The SMILES string of the molecule is O=C(COC(=O)c1cccc(N2C(=O)[C@@H]3[C@H](C2=O)[C@]2(Cl)C(Cl)=C(Cl)[C@]3(Cl)C2(Cl)Cl)c1)c1cccc([N+](=O)[O-])c1. The average molecular weight is 653 g/mol. The number of nitrogens with zero attached hydrogens (tertiary/aromatic N) is 2. The van der Waals surface area contributed by atoms with Crippen molar-refractivity contribution in [1.29, 1.82) is 0 Å². The van der Waals surface area contributed by atoms with Gasteiger partial charge in [-0.25, -0.2) is 9.69 Å². The van der Waals surface area contributed by atoms with Gasteiger partial charge in [0.1, 0.15) is 9.75 Å². The van der Waals surface area contributed by atoms with Crippen LogP contribution in [0.5, 0.6) is 0 Å². The average Bonchev–Trinajstić information content (AvgIpc) is 3.30. The number of rotatable bonds is 6. The Hall–Kier alpha value is -2.40. The quantitative estimate of drug-likeness (QED) is 0.0996. The third kappa shape index (κ3) is 3.67. The third-order valence-electron chi connectivity index (χ3n) is 6.96. The van der Waals surface area contributed by atoms with Gasteiger partial charge in [-0.15, -0.1) is 23.2 Å². The molecular weight excluding hydrogens is 641 g/mol. The maximum atomic E-state index is 13.5. The van der Waals surface area contributed by atoms with Crippen LogP contribution in [-0.4, -0.2) is 49.2 Å². The number of carbonyl (C=O) groups excluding carboxylic acids is 4. The fourth-order valence-corrected chi connectivity index (χ4v) is 8.04. The van der Waals surface area contributed by atoms with Crippen LogP contribution >= 0.6 is 69.6 Å². The van der Waals surface area contributed by atoms with Crippen LogP contribution in [0.2, 0.25) is 0 Å². The van der Waals surface area contributed by atoms with Crippen LogP contribution in [0.15, 0.2) is 58.6 Å². The summed E-state index contributed by atoms with van der Waals surface area (Å²) in [5, 5.41) is 10.5. The van der Waals surface area contributed by atoms with E-state index < -0.39 is 61.0 Å². The van der Waals surface area contributed by atoms with E-state index in [4.69, 9.17) is 74.3 Å². The summed E-state index contributed by atoms with van der Waals surface area (Å²) in [5.41, 5.74) is -0.431. The Kier molecular flexibility index (Phi) is 6.73. The Bertz CT molecular complexity index is 1500. The number of non-ortho nitro benzene ring substituents is 1. The molecule has 5 rings (SSSR count). The molecule has 0 N–H and O–H groups in total. The number of Topliss-reactive ketones (excluding diaryl/α,β-unsaturated/α-hetero) is 1. The molecule has 2 aromatic rings. The molecule has 1 saturated carbocycles. The summed E-state index contributed by atoms with van der Waals surface area (Å²) in [6.45, 7) is -0.713. The molecule has 0 aromatic heterocycles. The van der Waals surface area contributed by atoms with Gasteiger partial charge < -0.3 is 4.74 Å². The first-order valence-electron chi connectivity index (χ1n) is 10.9. The van der Waals surface area contributed by atoms with Crippen LogP contribution in [0, 0.1) is 22.0 Å². The van der Waals surface area contributed by atoms with Gasteiger partial charge in [-0.3, -0.25) is 24.5 Å². The number of imide groups is 1. The molecule has 3 aliphatic rings. The molecular formula is C24H12Cl6N2O7. The highest BCUT2D eigenvalue weighted by molar-refractivity contribution is 6.67. The van der Waals surface area contributed by atoms with Crippen molar-refractivity contribution in [3.05, 3.63) is 79.8 Å². The summed E-state index contributed by atoms with van der Waals surface area (Å²) in [5.74, 6) is -5.94. The standard InChI is InChI=1S/C24H12Cl6N2O7/c25-17-18(26)23(28)16-15(22(17,27)24(23,29)30)19(34)31(20(16)35)12-5-2-4-11(8-12)21(36)39-9-14(33)10-3-1-6-13(7-10)32(37)38/h1-8,15-16H,9H2/t15-,16+,22-,23-/m0/s1. The first kappa shape index (κ1) is 28.1. The molecule has 9 nitrogen and oxygen atoms in total. The van der Waals surface area contributed by atoms with Crippen molar-refractivity contribution in [3.63, 3.8) is 0 Å². The Morgan fingerprint density at radius 1 is 0.897 bits per heavy atom. The second-order valence-electron chi connectivity index (χ2n) is 8.95. The number of ketones is 1. The van der Waals surface area contributed by atoms with Gasteiger partial charge in [0, 0.05) is 17.7 Å². The lowest BCUT2D eigenvalue weighted by Gasteiger charge is -2.34. The number of nitro groups is 1. The Morgan fingerprint density at radius 2 is 1.44 bits per heavy atom. The Labute approximate surface area is 249 Å². The van der Waals surface area contributed by atoms with Crippen molar-refractivity contribution in [2.75, 3.05) is 11.5 Å². The highest BCUT2D eigenvalue weighted by Gasteiger charge is 2.87. The van der Waals surface area contributed by atoms with Crippen LogP contribution in [0.3, 0.4) is 0 Å². The smallest absolute Gasteiger partial charge is 0.338 e. The summed E-state index contributed by atoms with van der Waals surface area (Å²) in [4.78, 5) is 59.2. The fourth-order valence-electron chi connectivity index (χ4n) is 5.11. The first-order valence-corrected chi connectivity index (χ1v) is 13.2. The number of amides is 2. The topological polar surface area (TPSA) is 124 Å². The third-order valence-corrected chi connectivity index (χ3v) is 11.2. The van der Waals surface area contributed by atoms with Crippen LogP contribution in [0.4, 0.5) is 11.4 Å². The van der Waals surface area contributed by atoms with Gasteiger partial charge in [-0.1, -0.05) is 64.6 Å². The number of hydrogen-bond donors (Lipinski definition) is 0. The fraction of sp³-hybridized carbons (Fsp3) is 0.250. The predicted molar refractivity (Wildman–Crippen MR) is 144 cm³/mol. The van der Waals surface area contributed by atoms with Crippen LogP contribution in [0.1, 0.15) is 20.7 Å². The zero-order chi connectivity index (χ0) is 28.7. The highest BCUT2D eigenvalue weighted by atomic mass is 35.5. The minimum atomic E-state index is -2.08. The number of fused-ring (bicyclic) bond motifs is 5. The van der Waals surface area contributed by atoms with E-state index in [0.717, 1.165) is 11.0 Å². The molecule has 2 aromatic carbocycles. The molecule has 1 heterocycles. The van der Waals surface area contributed by atoms with Crippen molar-refractivity contribution in [2.45, 2.75) is 14.1 Å². The molecule has 0 unspecified atom stereocenters. The summed E-state index contributed by atoms with van der Waals surface area (Å²) in [6, 6.07) is 10.2. The largest absolute Gasteiger partial charge is 0.454 e. The number of alkyl halides is 4. The van der Waals surface area contributed by atoms with Crippen molar-refractivity contribution in [3.8, 4) is 0 Å². The maximum absolute atomic E-state index is 13.5. The Balaban J connectivity index is 1.38. The summed E-state index contributed by atoms with van der Waals surface area (Å²) >= 11 is 38.9. The number of nitro benzene ring substituents is 1. The monoisotopic (exact) mass is 650 g/mol. The van der Waals surface area contributed by atoms with E-state index in [1.807, 2.05) is 0 Å². The van der Waals surface area contributed by atoms with E-state index >= 15 is 0 Å². The van der Waals surface area contributed by atoms with Crippen molar-refractivity contribution < 1.29 is 28.8 Å². The van der Waals surface area contributed by atoms with Gasteiger partial charge in [0.05, 0.1) is 38.1 Å². The van der Waals surface area contributed by atoms with Gasteiger partial charge in [0.15, 0.2) is 10.9 Å². The van der Waals surface area contributed by atoms with Gasteiger partial charge in [0.2, 0.25) is 17.6 Å². The van der Waals surface area contributed by atoms with Gasteiger partial charge in [-0.2, -0.15) is 0 Å². The van der Waals surface area contributed by atoms with E-state index in [-0.39, 0.29) is 32.6 Å². The van der Waals surface area contributed by atoms with Gasteiger partial charge in [-0.05, 0) is 18.2 Å². The van der Waals surface area contributed by atoms with Crippen molar-refractivity contribution in [1.82, 2.24) is 0 Å². The number of anilines is 1. The minimum absolute atomic E-state index is 0.0132. The molecule has 0 radical (unpaired) electrons. The molecule has 202 valence electrons. The van der Waals surface area contributed by atoms with E-state index in [9.17, 15) is 29.3 Å². The molecule has 2 bridgehead atoms. The number of halogens is 6. The molecule has 39 heavy (non-hydrogen) atoms. The van der Waals surface area contributed by atoms with Gasteiger partial charge >= 0.3 is 5.97 Å². The first-order chi connectivity index (χ1) is 18.2. The molecule has 2 amide bonds.